The quantitative estimate of drug-likeness (QED) is 0.319. The van der Waals surface area contributed by atoms with Gasteiger partial charge in [0.1, 0.15) is 5.75 Å². The third-order valence-corrected chi connectivity index (χ3v) is 6.96. The normalized spacial score (nSPS) is 16.7. The van der Waals surface area contributed by atoms with Crippen molar-refractivity contribution < 1.29 is 14.3 Å². The predicted octanol–water partition coefficient (Wildman–Crippen LogP) is 3.77. The van der Waals surface area contributed by atoms with Crippen molar-refractivity contribution >= 4 is 23.1 Å². The number of nitroso groups, excluding NO2 is 1. The van der Waals surface area contributed by atoms with Gasteiger partial charge in [-0.1, -0.05) is 23.4 Å². The van der Waals surface area contributed by atoms with Crippen LogP contribution in [-0.2, 0) is 11.2 Å². The molecule has 1 amide bonds. The molecule has 0 saturated heterocycles. The van der Waals surface area contributed by atoms with Crippen molar-refractivity contribution in [3.8, 4) is 17.0 Å². The highest BCUT2D eigenvalue weighted by atomic mass is 16.5. The van der Waals surface area contributed by atoms with Crippen LogP contribution >= 0.6 is 0 Å². The van der Waals surface area contributed by atoms with E-state index in [2.05, 4.69) is 15.5 Å². The van der Waals surface area contributed by atoms with Gasteiger partial charge in [0.25, 0.3) is 0 Å². The number of ketones is 1. The molecule has 10 heteroatoms. The van der Waals surface area contributed by atoms with Crippen molar-refractivity contribution in [2.45, 2.75) is 25.7 Å². The first-order valence-corrected chi connectivity index (χ1v) is 12.5. The van der Waals surface area contributed by atoms with Gasteiger partial charge in [-0.25, -0.2) is 0 Å². The van der Waals surface area contributed by atoms with E-state index in [1.165, 1.54) is 9.58 Å². The fourth-order valence-electron chi connectivity index (χ4n) is 4.79. The zero-order valence-corrected chi connectivity index (χ0v) is 20.7. The number of ether oxygens (including phenoxy) is 1. The van der Waals surface area contributed by atoms with Crippen molar-refractivity contribution in [3.05, 3.63) is 65.0 Å². The molecule has 1 atom stereocenters. The molecule has 2 aliphatic rings. The number of rotatable bonds is 10. The second-order valence-electron chi connectivity index (χ2n) is 9.67. The van der Waals surface area contributed by atoms with Crippen LogP contribution in [0.5, 0.6) is 5.75 Å². The Balaban J connectivity index is 1.57. The summed E-state index contributed by atoms with van der Waals surface area (Å²) in [4.78, 5) is 42.8. The van der Waals surface area contributed by atoms with Gasteiger partial charge in [-0.15, -0.1) is 0 Å². The molecular formula is C27H30N6O4. The molecule has 3 N–H and O–H groups in total. The highest BCUT2D eigenvalue weighted by molar-refractivity contribution is 6.09. The molecule has 0 aliphatic heterocycles. The highest BCUT2D eigenvalue weighted by Gasteiger charge is 2.38. The number of amides is 1. The van der Waals surface area contributed by atoms with E-state index in [0.29, 0.717) is 47.3 Å². The summed E-state index contributed by atoms with van der Waals surface area (Å²) in [7, 11) is 1.61. The first kappa shape index (κ1) is 24.5. The molecule has 37 heavy (non-hydrogen) atoms. The molecule has 2 heterocycles. The molecular weight excluding hydrogens is 472 g/mol. The maximum atomic E-state index is 13.6. The van der Waals surface area contributed by atoms with Crippen LogP contribution in [0.2, 0.25) is 0 Å². The summed E-state index contributed by atoms with van der Waals surface area (Å²) in [5.41, 5.74) is 3.76. The van der Waals surface area contributed by atoms with Gasteiger partial charge in [0.15, 0.2) is 5.78 Å². The molecule has 1 saturated carbocycles. The number of aromatic nitrogens is 2. The van der Waals surface area contributed by atoms with Crippen LogP contribution in [-0.4, -0.2) is 53.0 Å². The van der Waals surface area contributed by atoms with Gasteiger partial charge in [0.2, 0.25) is 5.91 Å². The van der Waals surface area contributed by atoms with Gasteiger partial charge in [0, 0.05) is 43.9 Å². The van der Waals surface area contributed by atoms with Gasteiger partial charge < -0.3 is 20.8 Å². The number of likely N-dealkylation sites (N-methyl/N-ethyl adjacent to an activating group) is 1. The van der Waals surface area contributed by atoms with Gasteiger partial charge in [-0.2, -0.15) is 4.91 Å². The van der Waals surface area contributed by atoms with E-state index in [1.54, 1.807) is 19.4 Å². The number of Topliss-reactive ketones (excluding diaryl/α,β-unsaturated/α-hetero) is 1. The molecule has 0 radical (unpaired) electrons. The minimum absolute atomic E-state index is 0.00237. The number of para-hydroxylation sites is 1. The Morgan fingerprint density at radius 3 is 2.76 bits per heavy atom. The molecule has 5 rings (SSSR count). The fourth-order valence-corrected chi connectivity index (χ4v) is 4.79. The molecule has 2 aromatic heterocycles. The number of nitrogens with one attached hydrogen (secondary N) is 1. The molecule has 0 spiro atoms. The van der Waals surface area contributed by atoms with Crippen molar-refractivity contribution in [1.29, 1.82) is 0 Å². The Morgan fingerprint density at radius 2 is 2.03 bits per heavy atom. The number of nitrogen functional groups attached to an aromatic ring is 1. The second-order valence-corrected chi connectivity index (χ2v) is 9.67. The lowest BCUT2D eigenvalue weighted by Crippen LogP contribution is -2.39. The SMILES string of the molecule is CN(CCN=O)C(=O)C1CC(=O)c2c(Nc3ccccc3)c(-c3ccncc3OCC3CC3)n(N)c2C1. The molecule has 1 aromatic carbocycles. The largest absolute Gasteiger partial charge is 0.491 e. The van der Waals surface area contributed by atoms with Crippen molar-refractivity contribution in [3.63, 3.8) is 0 Å². The third-order valence-electron chi connectivity index (χ3n) is 6.96. The third kappa shape index (κ3) is 5.04. The standard InChI is InChI=1S/C27H30N6O4/c1-32(12-11-30-36)27(35)18-13-21-24(22(34)14-18)25(31-19-5-3-2-4-6-19)26(33(21)28)20-9-10-29-15-23(20)37-16-17-7-8-17/h2-6,9-10,15,17-18,31H,7-8,11-14,16,28H2,1H3. The monoisotopic (exact) mass is 502 g/mol. The molecule has 2 aliphatic carbocycles. The number of anilines is 2. The molecule has 10 nitrogen and oxygen atoms in total. The average Bonchev–Trinajstić information content (AvgIpc) is 3.70. The van der Waals surface area contributed by atoms with Gasteiger partial charge in [-0.3, -0.25) is 19.2 Å². The zero-order valence-electron chi connectivity index (χ0n) is 20.7. The number of fused-ring (bicyclic) bond motifs is 1. The summed E-state index contributed by atoms with van der Waals surface area (Å²) in [5.74, 6) is 6.89. The van der Waals surface area contributed by atoms with Crippen molar-refractivity contribution in [2.24, 2.45) is 17.0 Å². The minimum Gasteiger partial charge on any atom is -0.491 e. The van der Waals surface area contributed by atoms with Crippen LogP contribution in [0.1, 0.15) is 35.3 Å². The molecule has 0 bridgehead atoms. The van der Waals surface area contributed by atoms with E-state index < -0.39 is 5.92 Å². The lowest BCUT2D eigenvalue weighted by Gasteiger charge is -2.26. The Morgan fingerprint density at radius 1 is 1.24 bits per heavy atom. The maximum absolute atomic E-state index is 13.6. The Bertz CT molecular complexity index is 1320. The minimum atomic E-state index is -0.575. The van der Waals surface area contributed by atoms with Crippen LogP contribution in [0.15, 0.2) is 54.0 Å². The fraction of sp³-hybridized carbons (Fsp3) is 0.370. The van der Waals surface area contributed by atoms with Crippen molar-refractivity contribution in [1.82, 2.24) is 14.6 Å². The average molecular weight is 503 g/mol. The van der Waals surface area contributed by atoms with E-state index >= 15 is 0 Å². The number of hydrogen-bond acceptors (Lipinski definition) is 8. The lowest BCUT2D eigenvalue weighted by molar-refractivity contribution is -0.134. The number of benzene rings is 1. The number of hydrogen-bond donors (Lipinski definition) is 2. The number of pyridine rings is 1. The maximum Gasteiger partial charge on any atom is 0.226 e. The topological polar surface area (TPSA) is 132 Å². The molecule has 1 fully saturated rings. The Labute approximate surface area is 214 Å². The van der Waals surface area contributed by atoms with Gasteiger partial charge in [0.05, 0.1) is 47.9 Å². The first-order valence-electron chi connectivity index (χ1n) is 12.5. The number of nitrogens with two attached hydrogens (primary N) is 1. The molecule has 3 aromatic rings. The predicted molar refractivity (Wildman–Crippen MR) is 140 cm³/mol. The first-order chi connectivity index (χ1) is 18.0. The van der Waals surface area contributed by atoms with Gasteiger partial charge >= 0.3 is 0 Å². The van der Waals surface area contributed by atoms with Crippen LogP contribution in [0.3, 0.4) is 0 Å². The summed E-state index contributed by atoms with van der Waals surface area (Å²) < 4.78 is 7.63. The summed E-state index contributed by atoms with van der Waals surface area (Å²) in [5, 5.41) is 6.24. The number of carbonyl (C=O) groups excluding carboxylic acids is 2. The summed E-state index contributed by atoms with van der Waals surface area (Å²) in [6, 6.07) is 11.4. The summed E-state index contributed by atoms with van der Waals surface area (Å²) in [6.07, 6.45) is 5.99. The van der Waals surface area contributed by atoms with Gasteiger partial charge in [-0.05, 0) is 37.0 Å². The van der Waals surface area contributed by atoms with Crippen molar-refractivity contribution in [2.75, 3.05) is 37.9 Å². The van der Waals surface area contributed by atoms with Crippen LogP contribution < -0.4 is 15.9 Å². The number of nitrogens with zero attached hydrogens (tertiary/aromatic N) is 4. The van der Waals surface area contributed by atoms with Crippen LogP contribution in [0, 0.1) is 16.7 Å². The van der Waals surface area contributed by atoms with E-state index in [-0.39, 0.29) is 31.2 Å². The Hall–Kier alpha value is -4.21. The smallest absolute Gasteiger partial charge is 0.226 e. The summed E-state index contributed by atoms with van der Waals surface area (Å²) in [6.45, 7) is 0.805. The van der Waals surface area contributed by atoms with Crippen LogP contribution in [0.25, 0.3) is 11.3 Å². The zero-order chi connectivity index (χ0) is 25.9. The molecule has 192 valence electrons. The number of carbonyl (C=O) groups is 2. The van der Waals surface area contributed by atoms with Crippen LogP contribution in [0.4, 0.5) is 11.4 Å². The van der Waals surface area contributed by atoms with E-state index in [9.17, 15) is 14.5 Å². The lowest BCUT2D eigenvalue weighted by atomic mass is 9.85. The second kappa shape index (κ2) is 10.4. The Kier molecular flexibility index (Phi) is 6.89. The highest BCUT2D eigenvalue weighted by Crippen LogP contribution is 2.44. The summed E-state index contributed by atoms with van der Waals surface area (Å²) >= 11 is 0. The molecule has 1 unspecified atom stereocenters. The van der Waals surface area contributed by atoms with E-state index in [4.69, 9.17) is 10.6 Å². The van der Waals surface area contributed by atoms with E-state index in [0.717, 1.165) is 24.1 Å². The van der Waals surface area contributed by atoms with E-state index in [1.807, 2.05) is 36.4 Å².